The molecule has 2 nitrogen and oxygen atoms in total. The zero-order chi connectivity index (χ0) is 10.8. The van der Waals surface area contributed by atoms with Gasteiger partial charge in [-0.05, 0) is 41.4 Å². The van der Waals surface area contributed by atoms with Crippen molar-refractivity contribution >= 4 is 39.3 Å². The Bertz CT molecular complexity index is 343. The Hall–Kier alpha value is 0.200. The van der Waals surface area contributed by atoms with E-state index in [1.807, 2.05) is 18.7 Å². The van der Waals surface area contributed by atoms with Crippen molar-refractivity contribution in [1.29, 1.82) is 0 Å². The van der Waals surface area contributed by atoms with Crippen LogP contribution >= 0.6 is 39.3 Å². The number of halogens is 2. The molecular weight excluding hydrogens is 296 g/mol. The molecule has 1 aromatic heterocycles. The molecule has 0 spiro atoms. The van der Waals surface area contributed by atoms with Gasteiger partial charge in [0.2, 0.25) is 0 Å². The third-order valence-corrected chi connectivity index (χ3v) is 5.29. The highest BCUT2D eigenvalue weighted by atomic mass is 79.9. The quantitative estimate of drug-likeness (QED) is 0.729. The summed E-state index contributed by atoms with van der Waals surface area (Å²) in [5.41, 5.74) is 0.927. The Morgan fingerprint density at radius 1 is 1.40 bits per heavy atom. The van der Waals surface area contributed by atoms with Crippen molar-refractivity contribution in [2.24, 2.45) is 0 Å². The van der Waals surface area contributed by atoms with Crippen LogP contribution in [0.5, 0.6) is 0 Å². The highest BCUT2D eigenvalue weighted by Crippen LogP contribution is 2.37. The second kappa shape index (κ2) is 5.02. The lowest BCUT2D eigenvalue weighted by molar-refractivity contribution is 0.659. The summed E-state index contributed by atoms with van der Waals surface area (Å²) in [5, 5.41) is 0.965. The Balaban J connectivity index is 2.27. The third kappa shape index (κ3) is 2.66. The van der Waals surface area contributed by atoms with Gasteiger partial charge in [-0.15, -0.1) is 0 Å². The van der Waals surface area contributed by atoms with Crippen LogP contribution in [0.4, 0.5) is 0 Å². The molecule has 1 fully saturated rings. The SMILES string of the molecule is Cc1nc(C2CCCCS2)nc(Cl)c1Br. The Morgan fingerprint density at radius 3 is 2.80 bits per heavy atom. The van der Waals surface area contributed by atoms with Gasteiger partial charge in [0.05, 0.1) is 15.4 Å². The summed E-state index contributed by atoms with van der Waals surface area (Å²) in [6.07, 6.45) is 3.75. The summed E-state index contributed by atoms with van der Waals surface area (Å²) in [6.45, 7) is 1.95. The molecule has 1 aliphatic rings. The smallest absolute Gasteiger partial charge is 0.147 e. The van der Waals surface area contributed by atoms with Crippen LogP contribution in [0, 0.1) is 6.92 Å². The summed E-state index contributed by atoms with van der Waals surface area (Å²) in [4.78, 5) is 8.84. The van der Waals surface area contributed by atoms with E-state index in [2.05, 4.69) is 25.9 Å². The molecule has 2 heterocycles. The minimum atomic E-state index is 0.433. The molecule has 0 radical (unpaired) electrons. The van der Waals surface area contributed by atoms with Crippen molar-refractivity contribution in [2.75, 3.05) is 5.75 Å². The van der Waals surface area contributed by atoms with E-state index in [1.165, 1.54) is 25.0 Å². The van der Waals surface area contributed by atoms with Crippen molar-refractivity contribution in [2.45, 2.75) is 31.4 Å². The molecule has 1 aromatic rings. The number of aryl methyl sites for hydroxylation is 1. The summed E-state index contributed by atoms with van der Waals surface area (Å²) in [7, 11) is 0. The first kappa shape index (κ1) is 11.7. The molecule has 0 N–H and O–H groups in total. The van der Waals surface area contributed by atoms with Gasteiger partial charge in [0, 0.05) is 0 Å². The van der Waals surface area contributed by atoms with Gasteiger partial charge < -0.3 is 0 Å². The van der Waals surface area contributed by atoms with E-state index in [0.717, 1.165) is 16.0 Å². The predicted molar refractivity (Wildman–Crippen MR) is 68.5 cm³/mol. The summed E-state index contributed by atoms with van der Waals surface area (Å²) >= 11 is 11.3. The van der Waals surface area contributed by atoms with E-state index in [9.17, 15) is 0 Å². The number of hydrogen-bond acceptors (Lipinski definition) is 3. The van der Waals surface area contributed by atoms with E-state index < -0.39 is 0 Å². The first-order valence-electron chi connectivity index (χ1n) is 4.99. The highest BCUT2D eigenvalue weighted by Gasteiger charge is 2.20. The molecule has 0 aliphatic carbocycles. The average Bonchev–Trinajstić information content (AvgIpc) is 2.26. The van der Waals surface area contributed by atoms with Crippen molar-refractivity contribution in [3.05, 3.63) is 21.1 Å². The fourth-order valence-electron chi connectivity index (χ4n) is 1.63. The van der Waals surface area contributed by atoms with Crippen molar-refractivity contribution in [3.63, 3.8) is 0 Å². The average molecular weight is 308 g/mol. The molecule has 0 aromatic carbocycles. The van der Waals surface area contributed by atoms with Gasteiger partial charge in [-0.1, -0.05) is 18.0 Å². The normalized spacial score (nSPS) is 21.7. The molecule has 5 heteroatoms. The largest absolute Gasteiger partial charge is 0.236 e. The Labute approximate surface area is 107 Å². The van der Waals surface area contributed by atoms with Crippen LogP contribution in [0.25, 0.3) is 0 Å². The van der Waals surface area contributed by atoms with Gasteiger partial charge in [0.25, 0.3) is 0 Å². The number of thioether (sulfide) groups is 1. The van der Waals surface area contributed by atoms with Gasteiger partial charge in [0.1, 0.15) is 11.0 Å². The topological polar surface area (TPSA) is 25.8 Å². The van der Waals surface area contributed by atoms with Crippen LogP contribution < -0.4 is 0 Å². The number of rotatable bonds is 1. The number of nitrogens with zero attached hydrogens (tertiary/aromatic N) is 2. The monoisotopic (exact) mass is 306 g/mol. The van der Waals surface area contributed by atoms with Crippen LogP contribution in [-0.2, 0) is 0 Å². The van der Waals surface area contributed by atoms with Crippen LogP contribution in [-0.4, -0.2) is 15.7 Å². The highest BCUT2D eigenvalue weighted by molar-refractivity contribution is 9.10. The van der Waals surface area contributed by atoms with E-state index in [4.69, 9.17) is 11.6 Å². The van der Waals surface area contributed by atoms with Crippen LogP contribution in [0.2, 0.25) is 5.15 Å². The first-order valence-corrected chi connectivity index (χ1v) is 7.21. The maximum absolute atomic E-state index is 6.03. The molecular formula is C10H12BrClN2S. The molecule has 2 rings (SSSR count). The molecule has 0 amide bonds. The minimum Gasteiger partial charge on any atom is -0.236 e. The van der Waals surface area contributed by atoms with Gasteiger partial charge >= 0.3 is 0 Å². The Kier molecular flexibility index (Phi) is 3.91. The fraction of sp³-hybridized carbons (Fsp3) is 0.600. The lowest BCUT2D eigenvalue weighted by Crippen LogP contribution is -2.08. The molecule has 1 saturated heterocycles. The molecule has 1 unspecified atom stereocenters. The summed E-state index contributed by atoms with van der Waals surface area (Å²) in [6, 6.07) is 0. The van der Waals surface area contributed by atoms with Gasteiger partial charge in [-0.3, -0.25) is 0 Å². The molecule has 0 saturated carbocycles. The van der Waals surface area contributed by atoms with Crippen LogP contribution in [0.1, 0.15) is 36.0 Å². The fourth-order valence-corrected chi connectivity index (χ4v) is 3.28. The number of aromatic nitrogens is 2. The summed E-state index contributed by atoms with van der Waals surface area (Å²) in [5.74, 6) is 2.10. The third-order valence-electron chi connectivity index (χ3n) is 2.46. The molecule has 1 aliphatic heterocycles. The zero-order valence-corrected chi connectivity index (χ0v) is 11.6. The predicted octanol–water partition coefficient (Wildman–Crippen LogP) is 4.16. The van der Waals surface area contributed by atoms with E-state index in [1.54, 1.807) is 0 Å². The molecule has 1 atom stereocenters. The van der Waals surface area contributed by atoms with Crippen LogP contribution in [0.15, 0.2) is 4.47 Å². The Morgan fingerprint density at radius 2 is 2.20 bits per heavy atom. The lowest BCUT2D eigenvalue weighted by atomic mass is 10.2. The maximum atomic E-state index is 6.03. The van der Waals surface area contributed by atoms with Crippen LogP contribution in [0.3, 0.4) is 0 Å². The zero-order valence-electron chi connectivity index (χ0n) is 8.46. The standard InChI is InChI=1S/C10H12BrClN2S/c1-6-8(11)9(12)14-10(13-6)7-4-2-3-5-15-7/h7H,2-5H2,1H3. The van der Waals surface area contributed by atoms with Gasteiger partial charge in [-0.25, -0.2) is 9.97 Å². The van der Waals surface area contributed by atoms with Crippen molar-refractivity contribution in [3.8, 4) is 0 Å². The second-order valence-electron chi connectivity index (χ2n) is 3.63. The van der Waals surface area contributed by atoms with E-state index >= 15 is 0 Å². The first-order chi connectivity index (χ1) is 7.18. The maximum Gasteiger partial charge on any atom is 0.147 e. The number of hydrogen-bond donors (Lipinski definition) is 0. The van der Waals surface area contributed by atoms with E-state index in [-0.39, 0.29) is 0 Å². The van der Waals surface area contributed by atoms with Gasteiger partial charge in [0.15, 0.2) is 0 Å². The molecule has 82 valence electrons. The van der Waals surface area contributed by atoms with Crippen molar-refractivity contribution in [1.82, 2.24) is 9.97 Å². The molecule has 15 heavy (non-hydrogen) atoms. The molecule has 0 bridgehead atoms. The van der Waals surface area contributed by atoms with E-state index in [0.29, 0.717) is 10.4 Å². The lowest BCUT2D eigenvalue weighted by Gasteiger charge is -2.20. The second-order valence-corrected chi connectivity index (χ2v) is 6.09. The minimum absolute atomic E-state index is 0.433. The van der Waals surface area contributed by atoms with Crippen molar-refractivity contribution < 1.29 is 0 Å². The summed E-state index contributed by atoms with van der Waals surface area (Å²) < 4.78 is 0.814. The van der Waals surface area contributed by atoms with Gasteiger partial charge in [-0.2, -0.15) is 11.8 Å².